The molecule has 0 aliphatic carbocycles. The van der Waals surface area contributed by atoms with Gasteiger partial charge < -0.3 is 20.0 Å². The molecule has 2 aliphatic rings. The van der Waals surface area contributed by atoms with Crippen molar-refractivity contribution in [3.05, 3.63) is 42.0 Å². The Hall–Kier alpha value is -1.89. The molecule has 31 heavy (non-hydrogen) atoms. The van der Waals surface area contributed by atoms with Crippen LogP contribution < -0.4 is 5.32 Å². The highest BCUT2D eigenvalue weighted by molar-refractivity contribution is 5.80. The second kappa shape index (κ2) is 12.8. The number of nitrogens with one attached hydrogen (secondary N) is 1. The zero-order valence-corrected chi connectivity index (χ0v) is 19.8. The Bertz CT molecular complexity index is 673. The number of hydrogen-bond acceptors (Lipinski definition) is 4. The van der Waals surface area contributed by atoms with Crippen molar-refractivity contribution < 1.29 is 0 Å². The molecule has 1 N–H and O–H groups in total. The highest BCUT2D eigenvalue weighted by Crippen LogP contribution is 2.07. The maximum atomic E-state index is 4.56. The summed E-state index contributed by atoms with van der Waals surface area (Å²) in [5.74, 6) is 1.68. The monoisotopic (exact) mass is 426 g/mol. The molecule has 2 saturated heterocycles. The van der Waals surface area contributed by atoms with E-state index in [4.69, 9.17) is 0 Å². The Balaban J connectivity index is 1.34. The number of likely N-dealkylation sites (N-methyl/N-ethyl adjacent to an activating group) is 1. The van der Waals surface area contributed by atoms with Crippen molar-refractivity contribution in [2.45, 2.75) is 13.8 Å². The number of benzene rings is 1. The number of aliphatic imine (C=N–C) groups is 1. The maximum absolute atomic E-state index is 4.56. The molecule has 6 nitrogen and oxygen atoms in total. The van der Waals surface area contributed by atoms with Crippen LogP contribution in [0.15, 0.2) is 41.4 Å². The minimum Gasteiger partial charge on any atom is -0.356 e. The standard InChI is InChI=1S/C25H42N6/c1-4-28-13-15-30(16-14-28)22-23(2)21-27-25(26-3)31-19-17-29(18-20-31)12-8-11-24-9-6-5-7-10-24/h5-11,23H,4,12-22H2,1-3H3,(H,26,27)/b11-8+. The number of rotatable bonds is 8. The molecular weight excluding hydrogens is 384 g/mol. The van der Waals surface area contributed by atoms with E-state index >= 15 is 0 Å². The summed E-state index contributed by atoms with van der Waals surface area (Å²) in [5.41, 5.74) is 1.27. The quantitative estimate of drug-likeness (QED) is 0.509. The van der Waals surface area contributed by atoms with Crippen molar-refractivity contribution >= 4 is 12.0 Å². The van der Waals surface area contributed by atoms with Crippen LogP contribution in [0, 0.1) is 5.92 Å². The Kier molecular flexibility index (Phi) is 9.85. The van der Waals surface area contributed by atoms with Gasteiger partial charge in [-0.3, -0.25) is 9.89 Å². The summed E-state index contributed by atoms with van der Waals surface area (Å²) >= 11 is 0. The first kappa shape index (κ1) is 23.8. The largest absolute Gasteiger partial charge is 0.356 e. The first-order valence-corrected chi connectivity index (χ1v) is 12.0. The van der Waals surface area contributed by atoms with Crippen molar-refractivity contribution in [1.82, 2.24) is 24.9 Å². The Morgan fingerprint density at radius 2 is 1.61 bits per heavy atom. The molecule has 2 heterocycles. The predicted octanol–water partition coefficient (Wildman–Crippen LogP) is 2.17. The van der Waals surface area contributed by atoms with E-state index in [1.54, 1.807) is 0 Å². The molecule has 3 rings (SSSR count). The van der Waals surface area contributed by atoms with Gasteiger partial charge in [0.1, 0.15) is 0 Å². The van der Waals surface area contributed by atoms with Gasteiger partial charge in [0.2, 0.25) is 0 Å². The highest BCUT2D eigenvalue weighted by atomic mass is 15.3. The SMILES string of the molecule is CCN1CCN(CC(C)CNC(=NC)N2CCN(C/C=C/c3ccccc3)CC2)CC1. The molecule has 2 aliphatic heterocycles. The molecule has 1 aromatic carbocycles. The van der Waals surface area contributed by atoms with Gasteiger partial charge in [0.15, 0.2) is 5.96 Å². The lowest BCUT2D eigenvalue weighted by Crippen LogP contribution is -2.53. The van der Waals surface area contributed by atoms with Crippen LogP contribution in [0.2, 0.25) is 0 Å². The number of hydrogen-bond donors (Lipinski definition) is 1. The lowest BCUT2D eigenvalue weighted by Gasteiger charge is -2.37. The van der Waals surface area contributed by atoms with Crippen LogP contribution >= 0.6 is 0 Å². The van der Waals surface area contributed by atoms with Crippen molar-refractivity contribution in [2.24, 2.45) is 10.9 Å². The molecule has 0 radical (unpaired) electrons. The fraction of sp³-hybridized carbons (Fsp3) is 0.640. The molecule has 172 valence electrons. The van der Waals surface area contributed by atoms with Crippen molar-refractivity contribution in [3.63, 3.8) is 0 Å². The summed E-state index contributed by atoms with van der Waals surface area (Å²) in [6, 6.07) is 10.5. The molecule has 0 amide bonds. The fourth-order valence-corrected chi connectivity index (χ4v) is 4.44. The van der Waals surface area contributed by atoms with Gasteiger partial charge in [-0.1, -0.05) is 56.3 Å². The first-order valence-electron chi connectivity index (χ1n) is 12.0. The van der Waals surface area contributed by atoms with Crippen LogP contribution in [-0.4, -0.2) is 111 Å². The van der Waals surface area contributed by atoms with E-state index in [-0.39, 0.29) is 0 Å². The molecule has 6 heteroatoms. The second-order valence-corrected chi connectivity index (χ2v) is 8.87. The second-order valence-electron chi connectivity index (χ2n) is 8.87. The molecular formula is C25H42N6. The topological polar surface area (TPSA) is 37.4 Å². The van der Waals surface area contributed by atoms with Gasteiger partial charge >= 0.3 is 0 Å². The molecule has 0 saturated carbocycles. The molecule has 0 spiro atoms. The van der Waals surface area contributed by atoms with Crippen molar-refractivity contribution in [2.75, 3.05) is 85.6 Å². The fourth-order valence-electron chi connectivity index (χ4n) is 4.44. The zero-order chi connectivity index (χ0) is 21.9. The average molecular weight is 427 g/mol. The van der Waals surface area contributed by atoms with Crippen LogP contribution in [0.3, 0.4) is 0 Å². The molecule has 2 fully saturated rings. The number of nitrogens with zero attached hydrogens (tertiary/aromatic N) is 5. The van der Waals surface area contributed by atoms with Crippen LogP contribution in [0.4, 0.5) is 0 Å². The average Bonchev–Trinajstić information content (AvgIpc) is 2.81. The van der Waals surface area contributed by atoms with Crippen LogP contribution in [0.25, 0.3) is 6.08 Å². The molecule has 0 aromatic heterocycles. The van der Waals surface area contributed by atoms with Crippen molar-refractivity contribution in [1.29, 1.82) is 0 Å². The van der Waals surface area contributed by atoms with E-state index in [1.807, 2.05) is 7.05 Å². The Labute approximate surface area is 189 Å². The summed E-state index contributed by atoms with van der Waals surface area (Å²) in [7, 11) is 1.91. The van der Waals surface area contributed by atoms with E-state index in [0.29, 0.717) is 5.92 Å². The maximum Gasteiger partial charge on any atom is 0.193 e. The summed E-state index contributed by atoms with van der Waals surface area (Å²) in [4.78, 5) is 14.6. The van der Waals surface area contributed by atoms with Gasteiger partial charge in [0.05, 0.1) is 0 Å². The third-order valence-corrected chi connectivity index (χ3v) is 6.45. The highest BCUT2D eigenvalue weighted by Gasteiger charge is 2.20. The van der Waals surface area contributed by atoms with Crippen molar-refractivity contribution in [3.8, 4) is 0 Å². The van der Waals surface area contributed by atoms with Gasteiger partial charge in [0, 0.05) is 79.0 Å². The van der Waals surface area contributed by atoms with E-state index in [1.165, 1.54) is 44.8 Å². The van der Waals surface area contributed by atoms with Crippen LogP contribution in [0.1, 0.15) is 19.4 Å². The van der Waals surface area contributed by atoms with Gasteiger partial charge in [-0.2, -0.15) is 0 Å². The summed E-state index contributed by atoms with van der Waals surface area (Å²) in [6.07, 6.45) is 4.50. The lowest BCUT2D eigenvalue weighted by atomic mass is 10.1. The minimum atomic E-state index is 0.620. The van der Waals surface area contributed by atoms with E-state index in [0.717, 1.165) is 45.2 Å². The summed E-state index contributed by atoms with van der Waals surface area (Å²) < 4.78 is 0. The Morgan fingerprint density at radius 1 is 0.968 bits per heavy atom. The number of guanidine groups is 1. The summed E-state index contributed by atoms with van der Waals surface area (Å²) in [6.45, 7) is 18.0. The zero-order valence-electron chi connectivity index (χ0n) is 19.8. The predicted molar refractivity (Wildman–Crippen MR) is 133 cm³/mol. The van der Waals surface area contributed by atoms with Crippen LogP contribution in [-0.2, 0) is 0 Å². The molecule has 1 aromatic rings. The summed E-state index contributed by atoms with van der Waals surface area (Å²) in [5, 5.41) is 3.63. The van der Waals surface area contributed by atoms with E-state index in [2.05, 4.69) is 86.2 Å². The van der Waals surface area contributed by atoms with E-state index in [9.17, 15) is 0 Å². The third kappa shape index (κ3) is 7.95. The molecule has 1 atom stereocenters. The Morgan fingerprint density at radius 3 is 2.26 bits per heavy atom. The normalized spacial score (nSPS) is 21.0. The van der Waals surface area contributed by atoms with Gasteiger partial charge in [-0.05, 0) is 18.0 Å². The smallest absolute Gasteiger partial charge is 0.193 e. The van der Waals surface area contributed by atoms with Gasteiger partial charge in [0.25, 0.3) is 0 Å². The number of piperazine rings is 2. The lowest BCUT2D eigenvalue weighted by molar-refractivity contribution is 0.124. The molecule has 1 unspecified atom stereocenters. The first-order chi connectivity index (χ1) is 15.2. The minimum absolute atomic E-state index is 0.620. The molecule has 0 bridgehead atoms. The van der Waals surface area contributed by atoms with E-state index < -0.39 is 0 Å². The van der Waals surface area contributed by atoms with Crippen LogP contribution in [0.5, 0.6) is 0 Å². The van der Waals surface area contributed by atoms with Gasteiger partial charge in [-0.25, -0.2) is 0 Å². The third-order valence-electron chi connectivity index (χ3n) is 6.45. The van der Waals surface area contributed by atoms with Gasteiger partial charge in [-0.15, -0.1) is 0 Å².